The van der Waals surface area contributed by atoms with Crippen LogP contribution in [0, 0.1) is 0 Å². The quantitative estimate of drug-likeness (QED) is 0.736. The minimum absolute atomic E-state index is 0.701. The summed E-state index contributed by atoms with van der Waals surface area (Å²) in [5, 5.41) is 8.01. The Morgan fingerprint density at radius 3 is 2.86 bits per heavy atom. The molecule has 14 heavy (non-hydrogen) atoms. The monoisotopic (exact) mass is 209 g/mol. The molecule has 0 aliphatic heterocycles. The van der Waals surface area contributed by atoms with Gasteiger partial charge in [-0.2, -0.15) is 11.3 Å². The molecule has 1 aliphatic rings. The van der Waals surface area contributed by atoms with Crippen molar-refractivity contribution in [3.05, 3.63) is 22.4 Å². The predicted octanol–water partition coefficient (Wildman–Crippen LogP) is 3.38. The smallest absolute Gasteiger partial charge is 0.0133 e. The molecule has 1 saturated carbocycles. The highest BCUT2D eigenvalue weighted by Crippen LogP contribution is 2.32. The number of hydrogen-bond acceptors (Lipinski definition) is 2. The number of likely N-dealkylation sites (N-methyl/N-ethyl adjacent to an activating group) is 1. The topological polar surface area (TPSA) is 12.0 Å². The molecule has 1 aliphatic carbocycles. The summed E-state index contributed by atoms with van der Waals surface area (Å²) in [6.07, 6.45) is 6.92. The van der Waals surface area contributed by atoms with Crippen LogP contribution in [0.1, 0.15) is 43.6 Å². The van der Waals surface area contributed by atoms with E-state index in [1.165, 1.54) is 32.1 Å². The first-order valence-corrected chi connectivity index (χ1v) is 6.55. The molecule has 0 bridgehead atoms. The molecular weight excluding hydrogens is 190 g/mol. The molecule has 2 heteroatoms. The Bertz CT molecular complexity index is 255. The highest BCUT2D eigenvalue weighted by Gasteiger charge is 2.23. The second-order valence-electron chi connectivity index (χ2n) is 4.20. The summed E-state index contributed by atoms with van der Waals surface area (Å²) in [5.41, 5.74) is 1.55. The third kappa shape index (κ3) is 2.18. The first-order valence-electron chi connectivity index (χ1n) is 5.61. The lowest BCUT2D eigenvalue weighted by molar-refractivity contribution is 0.440. The molecule has 0 spiro atoms. The van der Waals surface area contributed by atoms with Gasteiger partial charge in [-0.25, -0.2) is 0 Å². The molecule has 0 amide bonds. The predicted molar refractivity (Wildman–Crippen MR) is 63.0 cm³/mol. The van der Waals surface area contributed by atoms with E-state index < -0.39 is 0 Å². The maximum absolute atomic E-state index is 3.49. The Balaban J connectivity index is 2.12. The van der Waals surface area contributed by atoms with Crippen molar-refractivity contribution in [2.45, 2.75) is 44.1 Å². The van der Waals surface area contributed by atoms with E-state index in [2.05, 4.69) is 29.2 Å². The fourth-order valence-electron chi connectivity index (χ4n) is 2.54. The first-order chi connectivity index (χ1) is 6.92. The van der Waals surface area contributed by atoms with E-state index in [1.807, 2.05) is 11.3 Å². The first kappa shape index (κ1) is 10.2. The zero-order valence-corrected chi connectivity index (χ0v) is 9.65. The van der Waals surface area contributed by atoms with Gasteiger partial charge in [-0.3, -0.25) is 0 Å². The van der Waals surface area contributed by atoms with E-state index >= 15 is 0 Å². The van der Waals surface area contributed by atoms with Gasteiger partial charge < -0.3 is 5.32 Å². The Morgan fingerprint density at radius 2 is 2.14 bits per heavy atom. The molecular formula is C12H19NS. The Kier molecular flexibility index (Phi) is 3.60. The SMILES string of the molecule is CNC1CCCCCC1c1ccsc1. The third-order valence-electron chi connectivity index (χ3n) is 3.36. The van der Waals surface area contributed by atoms with Crippen molar-refractivity contribution in [2.75, 3.05) is 7.05 Å². The van der Waals surface area contributed by atoms with E-state index in [0.29, 0.717) is 6.04 Å². The lowest BCUT2D eigenvalue weighted by atomic mass is 9.89. The van der Waals surface area contributed by atoms with Crippen molar-refractivity contribution >= 4 is 11.3 Å². The summed E-state index contributed by atoms with van der Waals surface area (Å²) in [6.45, 7) is 0. The molecule has 0 saturated heterocycles. The van der Waals surface area contributed by atoms with Gasteiger partial charge in [0.2, 0.25) is 0 Å². The molecule has 2 atom stereocenters. The maximum Gasteiger partial charge on any atom is 0.0133 e. The highest BCUT2D eigenvalue weighted by atomic mass is 32.1. The van der Waals surface area contributed by atoms with Crippen LogP contribution in [-0.2, 0) is 0 Å². The lowest BCUT2D eigenvalue weighted by Gasteiger charge is -2.23. The van der Waals surface area contributed by atoms with Gasteiger partial charge in [0.15, 0.2) is 0 Å². The molecule has 2 unspecified atom stereocenters. The summed E-state index contributed by atoms with van der Waals surface area (Å²) < 4.78 is 0. The summed E-state index contributed by atoms with van der Waals surface area (Å²) >= 11 is 1.82. The average Bonchev–Trinajstić information content (AvgIpc) is 2.63. The summed E-state index contributed by atoms with van der Waals surface area (Å²) in [4.78, 5) is 0. The maximum atomic E-state index is 3.49. The van der Waals surface area contributed by atoms with Gasteiger partial charge in [-0.05, 0) is 42.3 Å². The Hall–Kier alpha value is -0.340. The standard InChI is InChI=1S/C12H19NS/c1-13-12-6-4-2-3-5-11(12)10-7-8-14-9-10/h7-9,11-13H,2-6H2,1H3. The summed E-state index contributed by atoms with van der Waals surface area (Å²) in [5.74, 6) is 0.758. The van der Waals surface area contributed by atoms with Crippen molar-refractivity contribution < 1.29 is 0 Å². The van der Waals surface area contributed by atoms with Crippen molar-refractivity contribution in [1.29, 1.82) is 0 Å². The summed E-state index contributed by atoms with van der Waals surface area (Å²) in [7, 11) is 2.11. The van der Waals surface area contributed by atoms with Crippen LogP contribution in [0.25, 0.3) is 0 Å². The van der Waals surface area contributed by atoms with E-state index in [-0.39, 0.29) is 0 Å². The zero-order valence-electron chi connectivity index (χ0n) is 8.83. The van der Waals surface area contributed by atoms with Crippen molar-refractivity contribution in [2.24, 2.45) is 0 Å². The zero-order chi connectivity index (χ0) is 9.80. The van der Waals surface area contributed by atoms with Crippen molar-refractivity contribution in [1.82, 2.24) is 5.32 Å². The molecule has 1 N–H and O–H groups in total. The van der Waals surface area contributed by atoms with E-state index in [1.54, 1.807) is 5.56 Å². The number of thiophene rings is 1. The van der Waals surface area contributed by atoms with E-state index in [0.717, 1.165) is 5.92 Å². The van der Waals surface area contributed by atoms with Gasteiger partial charge in [0.05, 0.1) is 0 Å². The molecule has 78 valence electrons. The largest absolute Gasteiger partial charge is 0.316 e. The van der Waals surface area contributed by atoms with Crippen LogP contribution in [0.5, 0.6) is 0 Å². The lowest BCUT2D eigenvalue weighted by Crippen LogP contribution is -2.30. The number of nitrogens with one attached hydrogen (secondary N) is 1. The minimum atomic E-state index is 0.701. The second kappa shape index (κ2) is 4.94. The van der Waals surface area contributed by atoms with Gasteiger partial charge in [0.1, 0.15) is 0 Å². The van der Waals surface area contributed by atoms with Crippen LogP contribution in [-0.4, -0.2) is 13.1 Å². The van der Waals surface area contributed by atoms with E-state index in [4.69, 9.17) is 0 Å². The molecule has 1 fully saturated rings. The molecule has 1 nitrogen and oxygen atoms in total. The number of hydrogen-bond donors (Lipinski definition) is 1. The van der Waals surface area contributed by atoms with Crippen LogP contribution in [0.3, 0.4) is 0 Å². The third-order valence-corrected chi connectivity index (χ3v) is 4.06. The van der Waals surface area contributed by atoms with Crippen LogP contribution >= 0.6 is 11.3 Å². The highest BCUT2D eigenvalue weighted by molar-refractivity contribution is 7.07. The van der Waals surface area contributed by atoms with Gasteiger partial charge >= 0.3 is 0 Å². The average molecular weight is 209 g/mol. The molecule has 1 aromatic rings. The van der Waals surface area contributed by atoms with E-state index in [9.17, 15) is 0 Å². The van der Waals surface area contributed by atoms with Gasteiger partial charge in [-0.1, -0.05) is 19.3 Å². The fourth-order valence-corrected chi connectivity index (χ4v) is 3.26. The molecule has 1 heterocycles. The van der Waals surface area contributed by atoms with Crippen LogP contribution in [0.2, 0.25) is 0 Å². The molecule has 1 aromatic heterocycles. The summed E-state index contributed by atoms with van der Waals surface area (Å²) in [6, 6.07) is 3.00. The molecule has 2 rings (SSSR count). The number of rotatable bonds is 2. The minimum Gasteiger partial charge on any atom is -0.316 e. The molecule has 0 radical (unpaired) electrons. The van der Waals surface area contributed by atoms with Crippen LogP contribution in [0.4, 0.5) is 0 Å². The van der Waals surface area contributed by atoms with Gasteiger partial charge in [0, 0.05) is 12.0 Å². The molecule has 0 aromatic carbocycles. The second-order valence-corrected chi connectivity index (χ2v) is 4.98. The van der Waals surface area contributed by atoms with Crippen LogP contribution in [0.15, 0.2) is 16.8 Å². The van der Waals surface area contributed by atoms with Crippen LogP contribution < -0.4 is 5.32 Å². The van der Waals surface area contributed by atoms with Crippen molar-refractivity contribution in [3.8, 4) is 0 Å². The fraction of sp³-hybridized carbons (Fsp3) is 0.667. The van der Waals surface area contributed by atoms with Gasteiger partial charge in [0.25, 0.3) is 0 Å². The Morgan fingerprint density at radius 1 is 1.29 bits per heavy atom. The van der Waals surface area contributed by atoms with Crippen molar-refractivity contribution in [3.63, 3.8) is 0 Å². The Labute approximate surface area is 90.5 Å². The normalized spacial score (nSPS) is 28.6. The van der Waals surface area contributed by atoms with Gasteiger partial charge in [-0.15, -0.1) is 0 Å².